The number of benzene rings is 1. The molecule has 0 aromatic heterocycles. The number of amides is 1. The molecule has 1 saturated heterocycles. The second-order valence-corrected chi connectivity index (χ2v) is 3.84. The topological polar surface area (TPSA) is 44.1 Å². The molecule has 1 aromatic carbocycles. The van der Waals surface area contributed by atoms with Crippen molar-refractivity contribution in [3.05, 3.63) is 35.1 Å². The van der Waals surface area contributed by atoms with Gasteiger partial charge < -0.3 is 4.90 Å². The van der Waals surface area contributed by atoms with E-state index in [1.165, 1.54) is 18.2 Å². The maximum absolute atomic E-state index is 13.4. The van der Waals surface area contributed by atoms with Crippen LogP contribution in [0, 0.1) is 17.1 Å². The van der Waals surface area contributed by atoms with E-state index in [4.69, 9.17) is 5.26 Å². The van der Waals surface area contributed by atoms with Crippen molar-refractivity contribution >= 4 is 5.91 Å². The molecule has 1 fully saturated rings. The molecule has 1 heterocycles. The van der Waals surface area contributed by atoms with Gasteiger partial charge >= 0.3 is 0 Å². The van der Waals surface area contributed by atoms with Gasteiger partial charge in [0.15, 0.2) is 0 Å². The van der Waals surface area contributed by atoms with Gasteiger partial charge in [-0.2, -0.15) is 5.26 Å². The lowest BCUT2D eigenvalue weighted by molar-refractivity contribution is -0.128. The predicted octanol–water partition coefficient (Wildman–Crippen LogP) is 1.82. The van der Waals surface area contributed by atoms with Crippen LogP contribution in [0.1, 0.15) is 24.0 Å². The van der Waals surface area contributed by atoms with Crippen molar-refractivity contribution in [1.82, 2.24) is 4.90 Å². The molecule has 0 N–H and O–H groups in total. The Morgan fingerprint density at radius 2 is 2.31 bits per heavy atom. The van der Waals surface area contributed by atoms with Crippen molar-refractivity contribution in [3.8, 4) is 6.07 Å². The molecule has 0 radical (unpaired) electrons. The number of likely N-dealkylation sites (tertiary alicyclic amines) is 1. The number of rotatable bonds is 2. The Morgan fingerprint density at radius 3 is 2.94 bits per heavy atom. The zero-order valence-corrected chi connectivity index (χ0v) is 8.74. The molecule has 1 aliphatic rings. The first-order chi connectivity index (χ1) is 7.70. The lowest BCUT2D eigenvalue weighted by Gasteiger charge is -2.15. The molecule has 1 aromatic rings. The molecular weight excluding hydrogens is 207 g/mol. The average Bonchev–Trinajstić information content (AvgIpc) is 2.68. The van der Waals surface area contributed by atoms with Gasteiger partial charge in [0, 0.05) is 25.1 Å². The van der Waals surface area contributed by atoms with Gasteiger partial charge in [0.1, 0.15) is 5.82 Å². The maximum atomic E-state index is 13.4. The highest BCUT2D eigenvalue weighted by molar-refractivity contribution is 5.78. The number of halogens is 1. The van der Waals surface area contributed by atoms with Gasteiger partial charge in [-0.05, 0) is 24.6 Å². The van der Waals surface area contributed by atoms with Gasteiger partial charge in [0.25, 0.3) is 0 Å². The molecule has 1 amide bonds. The number of carbonyl (C=O) groups excluding carboxylic acids is 1. The number of carbonyl (C=O) groups is 1. The van der Waals surface area contributed by atoms with E-state index in [9.17, 15) is 9.18 Å². The van der Waals surface area contributed by atoms with Crippen molar-refractivity contribution in [2.24, 2.45) is 0 Å². The summed E-state index contributed by atoms with van der Waals surface area (Å²) in [6.45, 7) is 0.940. The Balaban J connectivity index is 2.20. The van der Waals surface area contributed by atoms with Gasteiger partial charge in [0.2, 0.25) is 5.91 Å². The summed E-state index contributed by atoms with van der Waals surface area (Å²) in [5.41, 5.74) is 0.831. The Bertz CT molecular complexity index is 465. The zero-order valence-electron chi connectivity index (χ0n) is 8.74. The third-order valence-corrected chi connectivity index (χ3v) is 2.71. The minimum Gasteiger partial charge on any atom is -0.338 e. The van der Waals surface area contributed by atoms with Gasteiger partial charge in [-0.1, -0.05) is 0 Å². The van der Waals surface area contributed by atoms with Crippen LogP contribution in [0.15, 0.2) is 18.2 Å². The van der Waals surface area contributed by atoms with E-state index in [-0.39, 0.29) is 18.3 Å². The summed E-state index contributed by atoms with van der Waals surface area (Å²) in [6.07, 6.45) is 1.37. The molecular formula is C12H11FN2O. The summed E-state index contributed by atoms with van der Waals surface area (Å²) in [5.74, 6) is -0.305. The highest BCUT2D eigenvalue weighted by Gasteiger charge is 2.21. The zero-order chi connectivity index (χ0) is 11.5. The van der Waals surface area contributed by atoms with Gasteiger partial charge in [-0.3, -0.25) is 4.79 Å². The van der Waals surface area contributed by atoms with Crippen molar-refractivity contribution in [3.63, 3.8) is 0 Å². The van der Waals surface area contributed by atoms with E-state index in [2.05, 4.69) is 0 Å². The van der Waals surface area contributed by atoms with E-state index in [1.807, 2.05) is 6.07 Å². The van der Waals surface area contributed by atoms with Crippen molar-refractivity contribution in [2.75, 3.05) is 6.54 Å². The Hall–Kier alpha value is -1.89. The van der Waals surface area contributed by atoms with E-state index in [0.29, 0.717) is 24.1 Å². The van der Waals surface area contributed by atoms with Gasteiger partial charge in [-0.15, -0.1) is 0 Å². The average molecular weight is 218 g/mol. The second-order valence-electron chi connectivity index (χ2n) is 3.84. The predicted molar refractivity (Wildman–Crippen MR) is 55.8 cm³/mol. The smallest absolute Gasteiger partial charge is 0.222 e. The molecule has 0 unspecified atom stereocenters. The first kappa shape index (κ1) is 10.6. The summed E-state index contributed by atoms with van der Waals surface area (Å²) in [7, 11) is 0. The van der Waals surface area contributed by atoms with E-state index < -0.39 is 0 Å². The van der Waals surface area contributed by atoms with Crippen molar-refractivity contribution in [1.29, 1.82) is 5.26 Å². The molecule has 0 atom stereocenters. The lowest BCUT2D eigenvalue weighted by atomic mass is 10.1. The minimum atomic E-state index is -0.362. The Morgan fingerprint density at radius 1 is 1.50 bits per heavy atom. The normalized spacial score (nSPS) is 15.2. The number of hydrogen-bond donors (Lipinski definition) is 0. The number of nitriles is 1. The quantitative estimate of drug-likeness (QED) is 0.760. The van der Waals surface area contributed by atoms with Gasteiger partial charge in [0.05, 0.1) is 11.6 Å². The third-order valence-electron chi connectivity index (χ3n) is 2.71. The van der Waals surface area contributed by atoms with E-state index in [1.54, 1.807) is 4.90 Å². The standard InChI is InChI=1S/C12H11FN2O/c13-11-4-3-9(7-14)6-10(11)8-15-5-1-2-12(15)16/h3-4,6H,1-2,5,8H2. The molecule has 0 aliphatic carbocycles. The summed E-state index contributed by atoms with van der Waals surface area (Å²) in [6, 6.07) is 6.17. The molecule has 0 bridgehead atoms. The van der Waals surface area contributed by atoms with E-state index >= 15 is 0 Å². The second kappa shape index (κ2) is 4.31. The van der Waals surface area contributed by atoms with Crippen LogP contribution in [0.5, 0.6) is 0 Å². The van der Waals surface area contributed by atoms with Crippen LogP contribution in [-0.4, -0.2) is 17.4 Å². The summed E-state index contributed by atoms with van der Waals surface area (Å²) in [5, 5.41) is 8.71. The van der Waals surface area contributed by atoms with Crippen LogP contribution in [-0.2, 0) is 11.3 Å². The molecule has 3 nitrogen and oxygen atoms in total. The van der Waals surface area contributed by atoms with E-state index in [0.717, 1.165) is 6.42 Å². The molecule has 0 saturated carbocycles. The van der Waals surface area contributed by atoms with Crippen LogP contribution in [0.3, 0.4) is 0 Å². The lowest BCUT2D eigenvalue weighted by Crippen LogP contribution is -2.24. The fourth-order valence-corrected chi connectivity index (χ4v) is 1.84. The highest BCUT2D eigenvalue weighted by atomic mass is 19.1. The summed E-state index contributed by atoms with van der Waals surface area (Å²) < 4.78 is 13.4. The molecule has 4 heteroatoms. The third kappa shape index (κ3) is 2.03. The first-order valence-electron chi connectivity index (χ1n) is 5.17. The summed E-state index contributed by atoms with van der Waals surface area (Å²) in [4.78, 5) is 13.0. The Kier molecular flexibility index (Phi) is 2.86. The van der Waals surface area contributed by atoms with Crippen LogP contribution < -0.4 is 0 Å². The van der Waals surface area contributed by atoms with Crippen LogP contribution >= 0.6 is 0 Å². The SMILES string of the molecule is N#Cc1ccc(F)c(CN2CCCC2=O)c1. The van der Waals surface area contributed by atoms with Crippen LogP contribution in [0.2, 0.25) is 0 Å². The number of nitrogens with zero attached hydrogens (tertiary/aromatic N) is 2. The first-order valence-corrected chi connectivity index (χ1v) is 5.17. The number of hydrogen-bond acceptors (Lipinski definition) is 2. The van der Waals surface area contributed by atoms with Crippen LogP contribution in [0.25, 0.3) is 0 Å². The summed E-state index contributed by atoms with van der Waals surface area (Å²) >= 11 is 0. The monoisotopic (exact) mass is 218 g/mol. The molecule has 2 rings (SSSR count). The minimum absolute atomic E-state index is 0.0572. The fourth-order valence-electron chi connectivity index (χ4n) is 1.84. The van der Waals surface area contributed by atoms with Crippen LogP contribution in [0.4, 0.5) is 4.39 Å². The van der Waals surface area contributed by atoms with Gasteiger partial charge in [-0.25, -0.2) is 4.39 Å². The molecule has 1 aliphatic heterocycles. The molecule has 0 spiro atoms. The van der Waals surface area contributed by atoms with Crippen molar-refractivity contribution < 1.29 is 9.18 Å². The molecule has 16 heavy (non-hydrogen) atoms. The fraction of sp³-hybridized carbons (Fsp3) is 0.333. The van der Waals surface area contributed by atoms with Crippen molar-refractivity contribution in [2.45, 2.75) is 19.4 Å². The Labute approximate surface area is 93.1 Å². The molecule has 82 valence electrons. The highest BCUT2D eigenvalue weighted by Crippen LogP contribution is 2.17. The largest absolute Gasteiger partial charge is 0.338 e. The maximum Gasteiger partial charge on any atom is 0.222 e.